The standard InChI is InChI=1S/C23H36N4O6/c1-14(2)9-16(21(28)26-20(22(29)24-6)23(3,4)5)19(12-33-27-30)31-11-15-7-8-18-17(10-15)25-13-32-18/h7-8,10,13-14,16,19-20,27,30H,9,11-12H2,1-6H3,(H,24,29)(H,26,28)/t16-,19?,20-/m1/s1. The fourth-order valence-corrected chi connectivity index (χ4v) is 3.60. The Bertz CT molecular complexity index is 908. The molecule has 2 aromatic rings. The fraction of sp³-hybridized carbons (Fsp3) is 0.609. The Labute approximate surface area is 194 Å². The first kappa shape index (κ1) is 26.7. The fourth-order valence-electron chi connectivity index (χ4n) is 3.60. The van der Waals surface area contributed by atoms with Gasteiger partial charge in [-0.25, -0.2) is 4.98 Å². The Kier molecular flexibility index (Phi) is 9.78. The average Bonchev–Trinajstić information content (AvgIpc) is 3.22. The van der Waals surface area contributed by atoms with Gasteiger partial charge in [-0.05, 0) is 35.4 Å². The maximum absolute atomic E-state index is 13.4. The van der Waals surface area contributed by atoms with Crippen LogP contribution in [-0.4, -0.2) is 47.8 Å². The summed E-state index contributed by atoms with van der Waals surface area (Å²) < 4.78 is 11.4. The molecular weight excluding hydrogens is 428 g/mol. The number of rotatable bonds is 12. The lowest BCUT2D eigenvalue weighted by Crippen LogP contribution is -2.55. The summed E-state index contributed by atoms with van der Waals surface area (Å²) in [7, 11) is 1.54. The highest BCUT2D eigenvalue weighted by Crippen LogP contribution is 2.24. The number of fused-ring (bicyclic) bond motifs is 1. The molecule has 0 aliphatic carbocycles. The number of nitrogens with zero attached hydrogens (tertiary/aromatic N) is 1. The van der Waals surface area contributed by atoms with Gasteiger partial charge in [0, 0.05) is 7.05 Å². The van der Waals surface area contributed by atoms with Gasteiger partial charge >= 0.3 is 0 Å². The van der Waals surface area contributed by atoms with Crippen LogP contribution in [0.1, 0.15) is 46.6 Å². The first-order chi connectivity index (χ1) is 15.6. The van der Waals surface area contributed by atoms with Crippen molar-refractivity contribution in [1.82, 2.24) is 21.3 Å². The van der Waals surface area contributed by atoms with Gasteiger partial charge in [-0.2, -0.15) is 0 Å². The number of oxazole rings is 1. The lowest BCUT2D eigenvalue weighted by Gasteiger charge is -2.33. The molecular formula is C23H36N4O6. The molecule has 3 atom stereocenters. The number of benzene rings is 1. The van der Waals surface area contributed by atoms with Gasteiger partial charge in [0.05, 0.1) is 25.2 Å². The lowest BCUT2D eigenvalue weighted by molar-refractivity contribution is -0.170. The molecule has 1 unspecified atom stereocenters. The average molecular weight is 465 g/mol. The number of hydrogen-bond acceptors (Lipinski definition) is 8. The van der Waals surface area contributed by atoms with Crippen molar-refractivity contribution >= 4 is 22.9 Å². The zero-order valence-electron chi connectivity index (χ0n) is 20.2. The first-order valence-electron chi connectivity index (χ1n) is 11.0. The zero-order valence-corrected chi connectivity index (χ0v) is 20.2. The van der Waals surface area contributed by atoms with Gasteiger partial charge in [-0.15, -0.1) is 0 Å². The quantitative estimate of drug-likeness (QED) is 0.352. The second-order valence-electron chi connectivity index (χ2n) is 9.56. The van der Waals surface area contributed by atoms with E-state index in [2.05, 4.69) is 15.6 Å². The van der Waals surface area contributed by atoms with E-state index in [0.717, 1.165) is 5.56 Å². The van der Waals surface area contributed by atoms with Crippen LogP contribution in [0.5, 0.6) is 0 Å². The van der Waals surface area contributed by atoms with Crippen LogP contribution in [-0.2, 0) is 25.8 Å². The van der Waals surface area contributed by atoms with Gasteiger partial charge in [-0.1, -0.05) is 46.3 Å². The number of carbonyl (C=O) groups is 2. The molecule has 0 aliphatic rings. The van der Waals surface area contributed by atoms with Crippen LogP contribution in [0.25, 0.3) is 11.1 Å². The summed E-state index contributed by atoms with van der Waals surface area (Å²) in [6.07, 6.45) is 1.18. The van der Waals surface area contributed by atoms with Crippen molar-refractivity contribution in [2.75, 3.05) is 13.7 Å². The first-order valence-corrected chi connectivity index (χ1v) is 11.0. The summed E-state index contributed by atoms with van der Waals surface area (Å²) >= 11 is 0. The summed E-state index contributed by atoms with van der Waals surface area (Å²) in [5.41, 5.74) is 3.38. The van der Waals surface area contributed by atoms with Crippen molar-refractivity contribution in [3.05, 3.63) is 30.2 Å². The normalized spacial score (nSPS) is 14.8. The number of ether oxygens (including phenoxy) is 1. The topological polar surface area (TPSA) is 135 Å². The molecule has 0 spiro atoms. The molecule has 2 amide bonds. The minimum Gasteiger partial charge on any atom is -0.443 e. The predicted octanol–water partition coefficient (Wildman–Crippen LogP) is 2.56. The molecule has 1 aromatic heterocycles. The highest BCUT2D eigenvalue weighted by atomic mass is 16.8. The molecule has 10 heteroatoms. The van der Waals surface area contributed by atoms with E-state index in [0.29, 0.717) is 17.5 Å². The van der Waals surface area contributed by atoms with E-state index in [-0.39, 0.29) is 30.9 Å². The van der Waals surface area contributed by atoms with Crippen molar-refractivity contribution in [1.29, 1.82) is 0 Å². The number of nitrogens with one attached hydrogen (secondary N) is 3. The third-order valence-electron chi connectivity index (χ3n) is 5.34. The summed E-state index contributed by atoms with van der Waals surface area (Å²) in [6.45, 7) is 9.78. The summed E-state index contributed by atoms with van der Waals surface area (Å²) in [6, 6.07) is 4.78. The van der Waals surface area contributed by atoms with E-state index >= 15 is 0 Å². The van der Waals surface area contributed by atoms with Gasteiger partial charge in [0.15, 0.2) is 12.0 Å². The molecule has 1 aromatic carbocycles. The second-order valence-corrected chi connectivity index (χ2v) is 9.56. The van der Waals surface area contributed by atoms with Crippen LogP contribution in [0.4, 0.5) is 0 Å². The van der Waals surface area contributed by atoms with Crippen molar-refractivity contribution in [2.24, 2.45) is 17.3 Å². The SMILES string of the molecule is CNC(=O)[C@@H](NC(=O)[C@H](CC(C)C)C(CONO)OCc1ccc2ocnc2c1)C(C)(C)C. The maximum Gasteiger partial charge on any atom is 0.242 e. The molecule has 184 valence electrons. The Morgan fingerprint density at radius 2 is 1.94 bits per heavy atom. The highest BCUT2D eigenvalue weighted by molar-refractivity contribution is 5.89. The van der Waals surface area contributed by atoms with E-state index < -0.39 is 23.5 Å². The molecule has 0 saturated carbocycles. The Balaban J connectivity index is 2.23. The molecule has 0 fully saturated rings. The van der Waals surface area contributed by atoms with E-state index in [1.54, 1.807) is 11.7 Å². The van der Waals surface area contributed by atoms with E-state index in [4.69, 9.17) is 19.2 Å². The summed E-state index contributed by atoms with van der Waals surface area (Å²) in [5.74, 6) is -1.03. The minimum absolute atomic E-state index is 0.0757. The van der Waals surface area contributed by atoms with Gasteiger partial charge in [0.25, 0.3) is 0 Å². The Morgan fingerprint density at radius 3 is 2.55 bits per heavy atom. The molecule has 4 N–H and O–H groups in total. The predicted molar refractivity (Wildman–Crippen MR) is 122 cm³/mol. The Hall–Kier alpha value is -2.53. The van der Waals surface area contributed by atoms with Crippen LogP contribution < -0.4 is 16.3 Å². The molecule has 10 nitrogen and oxygen atoms in total. The molecule has 0 bridgehead atoms. The monoisotopic (exact) mass is 464 g/mol. The van der Waals surface area contributed by atoms with Crippen LogP contribution in [0.2, 0.25) is 0 Å². The molecule has 0 aliphatic heterocycles. The van der Waals surface area contributed by atoms with Gasteiger partial charge in [-0.3, -0.25) is 19.6 Å². The van der Waals surface area contributed by atoms with Crippen molar-refractivity contribution < 1.29 is 28.8 Å². The number of hydrogen-bond donors (Lipinski definition) is 4. The van der Waals surface area contributed by atoms with Crippen LogP contribution in [0, 0.1) is 17.3 Å². The maximum atomic E-state index is 13.4. The molecule has 1 heterocycles. The highest BCUT2D eigenvalue weighted by Gasteiger charge is 2.37. The summed E-state index contributed by atoms with van der Waals surface area (Å²) in [4.78, 5) is 35.0. The third-order valence-corrected chi connectivity index (χ3v) is 5.34. The molecule has 0 radical (unpaired) electrons. The largest absolute Gasteiger partial charge is 0.443 e. The number of aromatic nitrogens is 1. The van der Waals surface area contributed by atoms with E-state index in [1.165, 1.54) is 13.4 Å². The van der Waals surface area contributed by atoms with Crippen LogP contribution >= 0.6 is 0 Å². The zero-order chi connectivity index (χ0) is 24.6. The van der Waals surface area contributed by atoms with Crippen LogP contribution in [0.3, 0.4) is 0 Å². The molecule has 0 saturated heterocycles. The van der Waals surface area contributed by atoms with Crippen molar-refractivity contribution in [3.63, 3.8) is 0 Å². The van der Waals surface area contributed by atoms with Gasteiger partial charge < -0.3 is 19.8 Å². The third kappa shape index (κ3) is 7.78. The van der Waals surface area contributed by atoms with Gasteiger partial charge in [0.1, 0.15) is 11.6 Å². The van der Waals surface area contributed by atoms with Crippen molar-refractivity contribution in [2.45, 2.75) is 59.8 Å². The van der Waals surface area contributed by atoms with Crippen molar-refractivity contribution in [3.8, 4) is 0 Å². The Morgan fingerprint density at radius 1 is 1.21 bits per heavy atom. The second kappa shape index (κ2) is 12.1. The minimum atomic E-state index is -0.725. The molecule has 2 rings (SSSR count). The van der Waals surface area contributed by atoms with E-state index in [9.17, 15) is 9.59 Å². The van der Waals surface area contributed by atoms with Gasteiger partial charge in [0.2, 0.25) is 11.8 Å². The smallest absolute Gasteiger partial charge is 0.242 e. The number of likely N-dealkylation sites (N-methyl/N-ethyl adjacent to an activating group) is 1. The van der Waals surface area contributed by atoms with E-state index in [1.807, 2.05) is 46.8 Å². The van der Waals surface area contributed by atoms with Crippen LogP contribution in [0.15, 0.2) is 29.0 Å². The number of carbonyl (C=O) groups excluding carboxylic acids is 2. The number of amides is 2. The summed E-state index contributed by atoms with van der Waals surface area (Å²) in [5, 5.41) is 14.5. The molecule has 33 heavy (non-hydrogen) atoms. The lowest BCUT2D eigenvalue weighted by atomic mass is 9.84.